The van der Waals surface area contributed by atoms with Crippen molar-refractivity contribution in [1.29, 1.82) is 0 Å². The lowest BCUT2D eigenvalue weighted by Crippen LogP contribution is -2.43. The molecule has 0 aromatic rings. The number of ether oxygens (including phenoxy) is 1. The Morgan fingerprint density at radius 1 is 0.929 bits per heavy atom. The van der Waals surface area contributed by atoms with Gasteiger partial charge < -0.3 is 14.3 Å². The highest BCUT2D eigenvalue weighted by Gasteiger charge is 2.23. The minimum atomic E-state index is -0.962. The van der Waals surface area contributed by atoms with Crippen LogP contribution in [0.25, 0.3) is 0 Å². The van der Waals surface area contributed by atoms with Crippen LogP contribution in [0.3, 0.4) is 0 Å². The van der Waals surface area contributed by atoms with E-state index < -0.39 is 18.0 Å². The van der Waals surface area contributed by atoms with Crippen LogP contribution in [0.5, 0.6) is 0 Å². The number of unbranched alkanes of at least 4 members (excludes halogenated alkanes) is 9. The second kappa shape index (κ2) is 16.3. The van der Waals surface area contributed by atoms with Crippen molar-refractivity contribution in [2.24, 2.45) is 0 Å². The zero-order valence-electron chi connectivity index (χ0n) is 18.5. The molecule has 5 nitrogen and oxygen atoms in total. The predicted molar refractivity (Wildman–Crippen MR) is 115 cm³/mol. The van der Waals surface area contributed by atoms with E-state index in [0.29, 0.717) is 11.0 Å². The van der Waals surface area contributed by atoms with Gasteiger partial charge >= 0.3 is 11.9 Å². The number of hydrogen-bond acceptors (Lipinski definition) is 3. The van der Waals surface area contributed by atoms with Gasteiger partial charge in [-0.2, -0.15) is 0 Å². The van der Waals surface area contributed by atoms with Crippen LogP contribution in [-0.2, 0) is 14.3 Å². The predicted octanol–water partition coefficient (Wildman–Crippen LogP) is 5.11. The summed E-state index contributed by atoms with van der Waals surface area (Å²) in [7, 11) is 5.81. The SMILES string of the molecule is CCCCCCCCCCC/C=C/C=C/C(=O)OC(CC(=O)O)C[N+](C)(C)C. The van der Waals surface area contributed by atoms with E-state index in [0.717, 1.165) is 6.42 Å². The molecule has 0 bridgehead atoms. The summed E-state index contributed by atoms with van der Waals surface area (Å²) in [6, 6.07) is 0. The molecule has 0 aromatic carbocycles. The van der Waals surface area contributed by atoms with Crippen molar-refractivity contribution in [3.05, 3.63) is 24.3 Å². The number of carboxylic acid groups (broad SMARTS) is 1. The maximum absolute atomic E-state index is 11.9. The van der Waals surface area contributed by atoms with E-state index in [-0.39, 0.29) is 6.42 Å². The molecule has 1 atom stereocenters. The molecular formula is C23H42NO4+. The van der Waals surface area contributed by atoms with Gasteiger partial charge in [-0.25, -0.2) is 4.79 Å². The molecule has 0 fully saturated rings. The van der Waals surface area contributed by atoms with Gasteiger partial charge in [0.25, 0.3) is 0 Å². The number of allylic oxidation sites excluding steroid dienone is 3. The molecule has 1 N–H and O–H groups in total. The van der Waals surface area contributed by atoms with E-state index in [1.165, 1.54) is 63.9 Å². The number of likely N-dealkylation sites (N-methyl/N-ethyl adjacent to an activating group) is 1. The Bertz CT molecular complexity index is 477. The third kappa shape index (κ3) is 19.2. The van der Waals surface area contributed by atoms with Gasteiger partial charge in [-0.05, 0) is 12.8 Å². The van der Waals surface area contributed by atoms with Crippen molar-refractivity contribution >= 4 is 11.9 Å². The van der Waals surface area contributed by atoms with Crippen molar-refractivity contribution in [1.82, 2.24) is 0 Å². The number of carbonyl (C=O) groups excluding carboxylic acids is 1. The van der Waals surface area contributed by atoms with Gasteiger partial charge in [-0.1, -0.05) is 76.5 Å². The molecule has 0 saturated heterocycles. The highest BCUT2D eigenvalue weighted by molar-refractivity contribution is 5.82. The third-order valence-electron chi connectivity index (χ3n) is 4.39. The molecule has 0 aromatic heterocycles. The van der Waals surface area contributed by atoms with Crippen LogP contribution in [-0.4, -0.2) is 55.3 Å². The van der Waals surface area contributed by atoms with Crippen molar-refractivity contribution < 1.29 is 23.9 Å². The first-order chi connectivity index (χ1) is 13.2. The third-order valence-corrected chi connectivity index (χ3v) is 4.39. The minimum absolute atomic E-state index is 0.177. The first-order valence-electron chi connectivity index (χ1n) is 10.8. The van der Waals surface area contributed by atoms with Crippen LogP contribution in [0.2, 0.25) is 0 Å². The summed E-state index contributed by atoms with van der Waals surface area (Å²) in [6.45, 7) is 2.70. The van der Waals surface area contributed by atoms with Crippen molar-refractivity contribution in [2.45, 2.75) is 83.7 Å². The summed E-state index contributed by atoms with van der Waals surface area (Å²) in [5.74, 6) is -1.46. The normalized spacial score (nSPS) is 13.3. The zero-order valence-corrected chi connectivity index (χ0v) is 18.5. The molecule has 0 heterocycles. The number of rotatable bonds is 17. The Labute approximate surface area is 172 Å². The first-order valence-corrected chi connectivity index (χ1v) is 10.8. The molecule has 0 aliphatic heterocycles. The largest absolute Gasteiger partial charge is 0.481 e. The Balaban J connectivity index is 3.91. The van der Waals surface area contributed by atoms with E-state index in [2.05, 4.69) is 13.0 Å². The zero-order chi connectivity index (χ0) is 21.3. The molecule has 0 spiro atoms. The van der Waals surface area contributed by atoms with Crippen LogP contribution in [0.15, 0.2) is 24.3 Å². The fourth-order valence-corrected chi connectivity index (χ4v) is 3.03. The Hall–Kier alpha value is -1.62. The van der Waals surface area contributed by atoms with E-state index in [9.17, 15) is 9.59 Å². The summed E-state index contributed by atoms with van der Waals surface area (Å²) in [5, 5.41) is 8.97. The monoisotopic (exact) mass is 396 g/mol. The van der Waals surface area contributed by atoms with Gasteiger partial charge in [-0.15, -0.1) is 0 Å². The maximum Gasteiger partial charge on any atom is 0.331 e. The molecule has 0 amide bonds. The molecule has 0 aliphatic rings. The molecule has 5 heteroatoms. The number of quaternary nitrogens is 1. The number of nitrogens with zero attached hydrogens (tertiary/aromatic N) is 1. The van der Waals surface area contributed by atoms with Crippen LogP contribution < -0.4 is 0 Å². The summed E-state index contributed by atoms with van der Waals surface area (Å²) >= 11 is 0. The molecule has 0 rings (SSSR count). The molecule has 0 radical (unpaired) electrons. The highest BCUT2D eigenvalue weighted by atomic mass is 16.5. The standard InChI is InChI=1S/C23H41NO4/c1-5-6-7-8-9-10-11-12-13-14-15-16-17-18-23(27)28-21(19-22(25)26)20-24(2,3)4/h15-18,21H,5-14,19-20H2,1-4H3/p+1/b16-15+,18-17+. The van der Waals surface area contributed by atoms with Crippen LogP contribution in [0.4, 0.5) is 0 Å². The van der Waals surface area contributed by atoms with E-state index >= 15 is 0 Å². The molecule has 0 aliphatic carbocycles. The molecular weight excluding hydrogens is 354 g/mol. The van der Waals surface area contributed by atoms with Crippen LogP contribution in [0, 0.1) is 0 Å². The minimum Gasteiger partial charge on any atom is -0.481 e. The number of carboxylic acids is 1. The van der Waals surface area contributed by atoms with Gasteiger partial charge in [0, 0.05) is 6.08 Å². The second-order valence-electron chi connectivity index (χ2n) is 8.53. The lowest BCUT2D eigenvalue weighted by atomic mass is 10.1. The van der Waals surface area contributed by atoms with Gasteiger partial charge in [-0.3, -0.25) is 4.79 Å². The van der Waals surface area contributed by atoms with Gasteiger partial charge in [0.15, 0.2) is 6.10 Å². The molecule has 1 unspecified atom stereocenters. The number of carbonyl (C=O) groups is 2. The summed E-state index contributed by atoms with van der Waals surface area (Å²) < 4.78 is 5.82. The number of aliphatic carboxylic acids is 1. The second-order valence-corrected chi connectivity index (χ2v) is 8.53. The van der Waals surface area contributed by atoms with Crippen LogP contribution >= 0.6 is 0 Å². The van der Waals surface area contributed by atoms with Gasteiger partial charge in [0.1, 0.15) is 6.54 Å². The van der Waals surface area contributed by atoms with E-state index in [4.69, 9.17) is 9.84 Å². The fourth-order valence-electron chi connectivity index (χ4n) is 3.03. The lowest BCUT2D eigenvalue weighted by Gasteiger charge is -2.28. The molecule has 28 heavy (non-hydrogen) atoms. The average molecular weight is 397 g/mol. The van der Waals surface area contributed by atoms with E-state index in [1.54, 1.807) is 6.08 Å². The highest BCUT2D eigenvalue weighted by Crippen LogP contribution is 2.10. The average Bonchev–Trinajstić information content (AvgIpc) is 2.56. The van der Waals surface area contributed by atoms with Crippen molar-refractivity contribution in [3.8, 4) is 0 Å². The molecule has 0 saturated carbocycles. The molecule has 162 valence electrons. The Kier molecular flexibility index (Phi) is 15.4. The quantitative estimate of drug-likeness (QED) is 0.122. The van der Waals surface area contributed by atoms with Crippen molar-refractivity contribution in [3.63, 3.8) is 0 Å². The van der Waals surface area contributed by atoms with Gasteiger partial charge in [0.2, 0.25) is 0 Å². The van der Waals surface area contributed by atoms with Crippen LogP contribution in [0.1, 0.15) is 77.6 Å². The maximum atomic E-state index is 11.9. The summed E-state index contributed by atoms with van der Waals surface area (Å²) in [5.41, 5.74) is 0. The Morgan fingerprint density at radius 2 is 1.50 bits per heavy atom. The number of esters is 1. The topological polar surface area (TPSA) is 63.6 Å². The Morgan fingerprint density at radius 3 is 2.04 bits per heavy atom. The summed E-state index contributed by atoms with van der Waals surface area (Å²) in [6.07, 6.45) is 19.0. The van der Waals surface area contributed by atoms with Gasteiger partial charge in [0.05, 0.1) is 27.6 Å². The van der Waals surface area contributed by atoms with Crippen molar-refractivity contribution in [2.75, 3.05) is 27.7 Å². The number of hydrogen-bond donors (Lipinski definition) is 1. The first kappa shape index (κ1) is 26.4. The summed E-state index contributed by atoms with van der Waals surface area (Å²) in [4.78, 5) is 22.8. The fraction of sp³-hybridized carbons (Fsp3) is 0.739. The lowest BCUT2D eigenvalue weighted by molar-refractivity contribution is -0.873. The van der Waals surface area contributed by atoms with E-state index in [1.807, 2.05) is 27.2 Å². The smallest absolute Gasteiger partial charge is 0.331 e.